The van der Waals surface area contributed by atoms with E-state index in [1.807, 2.05) is 6.08 Å². The van der Waals surface area contributed by atoms with E-state index < -0.39 is 49.5 Å². The molecule has 7 unspecified atom stereocenters. The van der Waals surface area contributed by atoms with Crippen LogP contribution in [0.1, 0.15) is 348 Å². The van der Waals surface area contributed by atoms with Gasteiger partial charge in [-0.05, 0) is 64.2 Å². The maximum Gasteiger partial charge on any atom is 0.220 e. The smallest absolute Gasteiger partial charge is 0.220 e. The Bertz CT molecular complexity index is 1570. The van der Waals surface area contributed by atoms with Crippen LogP contribution in [0.15, 0.2) is 72.9 Å². The van der Waals surface area contributed by atoms with Crippen LogP contribution in [0.25, 0.3) is 0 Å². The molecule has 9 nitrogen and oxygen atoms in total. The summed E-state index contributed by atoms with van der Waals surface area (Å²) < 4.78 is 11.3. The number of carbonyl (C=O) groups is 1. The summed E-state index contributed by atoms with van der Waals surface area (Å²) in [6, 6.07) is -0.806. The second-order valence-electron chi connectivity index (χ2n) is 25.4. The number of aliphatic hydroxyl groups is 5. The van der Waals surface area contributed by atoms with Gasteiger partial charge in [0, 0.05) is 6.42 Å². The van der Waals surface area contributed by atoms with Crippen molar-refractivity contribution in [2.75, 3.05) is 13.2 Å². The normalized spacial score (nSPS) is 18.5. The molecule has 1 aliphatic rings. The van der Waals surface area contributed by atoms with E-state index in [1.165, 1.54) is 257 Å². The predicted octanol–water partition coefficient (Wildman–Crippen LogP) is 20.3. The van der Waals surface area contributed by atoms with Crippen LogP contribution in [-0.4, -0.2) is 87.5 Å². The van der Waals surface area contributed by atoms with Crippen molar-refractivity contribution in [1.29, 1.82) is 0 Å². The number of allylic oxidation sites excluding steroid dienone is 11. The summed E-state index contributed by atoms with van der Waals surface area (Å²) in [4.78, 5) is 13.1. The molecule has 0 spiro atoms. The molecule has 0 bridgehead atoms. The van der Waals surface area contributed by atoms with E-state index in [1.54, 1.807) is 6.08 Å². The van der Waals surface area contributed by atoms with Gasteiger partial charge in [0.15, 0.2) is 6.29 Å². The van der Waals surface area contributed by atoms with Crippen molar-refractivity contribution in [3.63, 3.8) is 0 Å². The first-order valence-corrected chi connectivity index (χ1v) is 36.7. The molecule has 1 aliphatic heterocycles. The largest absolute Gasteiger partial charge is 0.394 e. The molecule has 0 aromatic carbocycles. The first-order valence-electron chi connectivity index (χ1n) is 36.7. The molecule has 496 valence electrons. The quantitative estimate of drug-likeness (QED) is 0.0261. The summed E-state index contributed by atoms with van der Waals surface area (Å²) in [5.74, 6) is -0.170. The third-order valence-corrected chi connectivity index (χ3v) is 17.3. The number of rotatable bonds is 64. The second-order valence-corrected chi connectivity index (χ2v) is 25.4. The standard InChI is InChI=1S/C76H139NO8/c1-3-5-7-9-11-13-15-17-19-21-23-25-26-27-28-29-30-31-32-33-34-35-36-37-38-39-40-41-42-43-44-46-48-50-52-54-56-58-60-62-64-66-72(80)77-69(68-84-76-75(83)74(82)73(81)71(67-78)85-76)70(79)65-63-61-59-57-55-53-51-49-47-45-24-22-20-18-16-14-12-10-8-6-4-2/h5,7,11,13,17,19,23,25,27-28,63,65,69-71,73-76,78-79,81-83H,3-4,6,8-10,12,14-16,18,20-22,24,26,29-62,64,66-68H2,1-2H3,(H,77,80)/b7-5-,13-11-,19-17-,25-23-,28-27-,65-63+. The molecule has 0 aromatic heterocycles. The van der Waals surface area contributed by atoms with Gasteiger partial charge >= 0.3 is 0 Å². The molecular formula is C76H139NO8. The van der Waals surface area contributed by atoms with Crippen LogP contribution in [0.4, 0.5) is 0 Å². The molecule has 0 aliphatic carbocycles. The van der Waals surface area contributed by atoms with Crippen molar-refractivity contribution in [2.24, 2.45) is 0 Å². The van der Waals surface area contributed by atoms with Crippen LogP contribution in [0.2, 0.25) is 0 Å². The van der Waals surface area contributed by atoms with Crippen molar-refractivity contribution in [2.45, 2.75) is 391 Å². The van der Waals surface area contributed by atoms with Crippen LogP contribution in [0.5, 0.6) is 0 Å². The Morgan fingerprint density at radius 3 is 1.08 bits per heavy atom. The molecular weight excluding hydrogens is 1050 g/mol. The van der Waals surface area contributed by atoms with Crippen molar-refractivity contribution in [1.82, 2.24) is 5.32 Å². The number of unbranched alkanes of at least 4 members (excludes halogenated alkanes) is 44. The molecule has 0 aromatic rings. The van der Waals surface area contributed by atoms with Gasteiger partial charge in [-0.1, -0.05) is 350 Å². The topological polar surface area (TPSA) is 149 Å². The van der Waals surface area contributed by atoms with E-state index in [2.05, 4.69) is 79.9 Å². The lowest BCUT2D eigenvalue weighted by molar-refractivity contribution is -0.302. The lowest BCUT2D eigenvalue weighted by Crippen LogP contribution is -2.60. The molecule has 6 N–H and O–H groups in total. The van der Waals surface area contributed by atoms with E-state index in [-0.39, 0.29) is 12.5 Å². The highest BCUT2D eigenvalue weighted by molar-refractivity contribution is 5.76. The van der Waals surface area contributed by atoms with Crippen molar-refractivity contribution >= 4 is 5.91 Å². The average molecular weight is 1190 g/mol. The number of nitrogens with one attached hydrogen (secondary N) is 1. The Morgan fingerprint density at radius 2 is 0.729 bits per heavy atom. The van der Waals surface area contributed by atoms with Crippen LogP contribution in [0, 0.1) is 0 Å². The zero-order chi connectivity index (χ0) is 61.4. The Kier molecular flexibility index (Phi) is 61.3. The van der Waals surface area contributed by atoms with Gasteiger partial charge in [-0.2, -0.15) is 0 Å². The van der Waals surface area contributed by atoms with Crippen LogP contribution < -0.4 is 5.32 Å². The number of aliphatic hydroxyl groups excluding tert-OH is 5. The summed E-state index contributed by atoms with van der Waals surface area (Å²) in [7, 11) is 0. The van der Waals surface area contributed by atoms with Gasteiger partial charge in [-0.3, -0.25) is 4.79 Å². The molecule has 0 radical (unpaired) electrons. The molecule has 85 heavy (non-hydrogen) atoms. The minimum absolute atomic E-state index is 0.170. The van der Waals surface area contributed by atoms with E-state index in [4.69, 9.17) is 9.47 Å². The van der Waals surface area contributed by atoms with Crippen molar-refractivity contribution in [3.8, 4) is 0 Å². The minimum Gasteiger partial charge on any atom is -0.394 e. The summed E-state index contributed by atoms with van der Waals surface area (Å²) in [5.41, 5.74) is 0. The number of hydrogen-bond donors (Lipinski definition) is 6. The first kappa shape index (κ1) is 80.6. The zero-order valence-corrected chi connectivity index (χ0v) is 55.6. The highest BCUT2D eigenvalue weighted by Gasteiger charge is 2.44. The van der Waals surface area contributed by atoms with Gasteiger partial charge in [0.05, 0.1) is 25.4 Å². The number of carbonyl (C=O) groups excluding carboxylic acids is 1. The molecule has 1 heterocycles. The van der Waals surface area contributed by atoms with E-state index in [0.717, 1.165) is 70.6 Å². The Morgan fingerprint density at radius 1 is 0.412 bits per heavy atom. The third kappa shape index (κ3) is 53.2. The van der Waals surface area contributed by atoms with E-state index in [0.29, 0.717) is 6.42 Å². The monoisotopic (exact) mass is 1190 g/mol. The third-order valence-electron chi connectivity index (χ3n) is 17.3. The van der Waals surface area contributed by atoms with Crippen LogP contribution in [-0.2, 0) is 14.3 Å². The second kappa shape index (κ2) is 64.6. The molecule has 9 heteroatoms. The zero-order valence-electron chi connectivity index (χ0n) is 55.6. The fourth-order valence-corrected chi connectivity index (χ4v) is 11.6. The summed E-state index contributed by atoms with van der Waals surface area (Å²) in [5, 5.41) is 54.8. The molecule has 7 atom stereocenters. The molecule has 1 fully saturated rings. The lowest BCUT2D eigenvalue weighted by Gasteiger charge is -2.40. The number of amides is 1. The van der Waals surface area contributed by atoms with E-state index >= 15 is 0 Å². The predicted molar refractivity (Wildman–Crippen MR) is 364 cm³/mol. The average Bonchev–Trinajstić information content (AvgIpc) is 3.68. The van der Waals surface area contributed by atoms with Gasteiger partial charge in [-0.25, -0.2) is 0 Å². The SMILES string of the molecule is CC/C=C\C/C=C\C/C=C\C/C=C\C/C=C\CCCCCCCCCCCCCCCCCCCCCCCCCCCC(=O)NC(COC1OC(CO)C(O)C(O)C1O)C(O)/C=C/CCCCCCCCCCCCCCCCCCCCC. The summed E-state index contributed by atoms with van der Waals surface area (Å²) in [6.45, 7) is 3.71. The van der Waals surface area contributed by atoms with Gasteiger partial charge in [0.25, 0.3) is 0 Å². The number of hydrogen-bond acceptors (Lipinski definition) is 8. The summed E-state index contributed by atoms with van der Waals surface area (Å²) >= 11 is 0. The highest BCUT2D eigenvalue weighted by atomic mass is 16.7. The van der Waals surface area contributed by atoms with Gasteiger partial charge < -0.3 is 40.3 Å². The van der Waals surface area contributed by atoms with Gasteiger partial charge in [0.2, 0.25) is 5.91 Å². The minimum atomic E-state index is -1.57. The Hall–Kier alpha value is -2.37. The van der Waals surface area contributed by atoms with Crippen molar-refractivity contribution in [3.05, 3.63) is 72.9 Å². The number of ether oxygens (including phenoxy) is 2. The Balaban J connectivity index is 2.05. The summed E-state index contributed by atoms with van der Waals surface area (Å²) in [6.07, 6.45) is 84.5. The fraction of sp³-hybridized carbons (Fsp3) is 0.829. The molecule has 1 amide bonds. The van der Waals surface area contributed by atoms with Crippen LogP contribution >= 0.6 is 0 Å². The first-order chi connectivity index (χ1) is 41.8. The molecule has 1 saturated heterocycles. The molecule has 1 rings (SSSR count). The van der Waals surface area contributed by atoms with Gasteiger partial charge in [-0.15, -0.1) is 0 Å². The maximum atomic E-state index is 13.1. The molecule has 0 saturated carbocycles. The Labute approximate surface area is 525 Å². The lowest BCUT2D eigenvalue weighted by atomic mass is 9.99. The van der Waals surface area contributed by atoms with Crippen molar-refractivity contribution < 1.29 is 39.8 Å². The van der Waals surface area contributed by atoms with Gasteiger partial charge in [0.1, 0.15) is 24.4 Å². The maximum absolute atomic E-state index is 13.1. The fourth-order valence-electron chi connectivity index (χ4n) is 11.6. The van der Waals surface area contributed by atoms with Crippen LogP contribution in [0.3, 0.4) is 0 Å². The highest BCUT2D eigenvalue weighted by Crippen LogP contribution is 2.23. The van der Waals surface area contributed by atoms with E-state index in [9.17, 15) is 30.3 Å².